The van der Waals surface area contributed by atoms with Gasteiger partial charge in [-0.2, -0.15) is 0 Å². The van der Waals surface area contributed by atoms with Crippen LogP contribution in [0.4, 0.5) is 15.8 Å². The van der Waals surface area contributed by atoms with E-state index >= 15 is 0 Å². The molecule has 28 heavy (non-hydrogen) atoms. The number of nitrogens with one attached hydrogen (secondary N) is 2. The first-order valence-electron chi connectivity index (χ1n) is 7.92. The van der Waals surface area contributed by atoms with E-state index in [1.807, 2.05) is 0 Å². The average Bonchev–Trinajstić information content (AvgIpc) is 2.62. The summed E-state index contributed by atoms with van der Waals surface area (Å²) in [6.45, 7) is 0. The Morgan fingerprint density at radius 2 is 1.29 bits per heavy atom. The van der Waals surface area contributed by atoms with Crippen LogP contribution >= 0.6 is 0 Å². The fourth-order valence-corrected chi connectivity index (χ4v) is 3.23. The monoisotopic (exact) mass is 408 g/mol. The van der Waals surface area contributed by atoms with Crippen LogP contribution in [-0.4, -0.2) is 44.8 Å². The summed E-state index contributed by atoms with van der Waals surface area (Å²) in [6, 6.07) is 10.4. The maximum Gasteiger partial charge on any atom is 0.337 e. The lowest BCUT2D eigenvalue weighted by Crippen LogP contribution is -2.30. The SMILES string of the molecule is COC(=O)c1ccc(NC(=O)CS(=O)(=O)CC(=O)Nc2ccc(F)cc2)cc1. The number of halogens is 1. The smallest absolute Gasteiger partial charge is 0.337 e. The van der Waals surface area contributed by atoms with Gasteiger partial charge in [0.2, 0.25) is 11.8 Å². The summed E-state index contributed by atoms with van der Waals surface area (Å²) in [6.07, 6.45) is 0. The number of rotatable bonds is 7. The first kappa shape index (κ1) is 21.0. The molecule has 2 aromatic rings. The Bertz CT molecular complexity index is 972. The number of methoxy groups -OCH3 is 1. The summed E-state index contributed by atoms with van der Waals surface area (Å²) in [5.74, 6) is -4.53. The highest BCUT2D eigenvalue weighted by Crippen LogP contribution is 2.11. The fraction of sp³-hybridized carbons (Fsp3) is 0.167. The van der Waals surface area contributed by atoms with Crippen molar-refractivity contribution in [1.82, 2.24) is 0 Å². The van der Waals surface area contributed by atoms with Gasteiger partial charge in [0.05, 0.1) is 12.7 Å². The van der Waals surface area contributed by atoms with Gasteiger partial charge in [-0.05, 0) is 48.5 Å². The Hall–Kier alpha value is -3.27. The molecule has 0 heterocycles. The number of carbonyl (C=O) groups is 3. The minimum absolute atomic E-state index is 0.233. The lowest BCUT2D eigenvalue weighted by molar-refractivity contribution is -0.114. The first-order chi connectivity index (χ1) is 13.2. The van der Waals surface area contributed by atoms with Gasteiger partial charge in [0.25, 0.3) is 0 Å². The maximum atomic E-state index is 12.8. The van der Waals surface area contributed by atoms with E-state index in [0.717, 1.165) is 12.1 Å². The third-order valence-electron chi connectivity index (χ3n) is 3.42. The summed E-state index contributed by atoms with van der Waals surface area (Å²) < 4.78 is 41.4. The predicted octanol–water partition coefficient (Wildman–Crippen LogP) is 1.60. The molecule has 0 fully saturated rings. The average molecular weight is 408 g/mol. The molecular formula is C18H17FN2O6S. The van der Waals surface area contributed by atoms with Crippen molar-refractivity contribution in [3.8, 4) is 0 Å². The summed E-state index contributed by atoms with van der Waals surface area (Å²) >= 11 is 0. The van der Waals surface area contributed by atoms with Gasteiger partial charge in [0, 0.05) is 11.4 Å². The Morgan fingerprint density at radius 3 is 1.71 bits per heavy atom. The van der Waals surface area contributed by atoms with E-state index in [1.165, 1.54) is 43.5 Å². The second kappa shape index (κ2) is 9.09. The standard InChI is InChI=1S/C18H17FN2O6S/c1-27-18(24)12-2-6-14(7-3-12)20-16(22)10-28(25,26)11-17(23)21-15-8-4-13(19)5-9-15/h2-9H,10-11H2,1H3,(H,20,22)(H,21,23). The van der Waals surface area contributed by atoms with Crippen LogP contribution in [0.15, 0.2) is 48.5 Å². The first-order valence-corrected chi connectivity index (χ1v) is 9.75. The highest BCUT2D eigenvalue weighted by atomic mass is 32.2. The van der Waals surface area contributed by atoms with E-state index in [0.29, 0.717) is 0 Å². The molecule has 0 saturated heterocycles. The summed E-state index contributed by atoms with van der Waals surface area (Å²) in [7, 11) is -2.79. The fourth-order valence-electron chi connectivity index (χ4n) is 2.19. The van der Waals surface area contributed by atoms with Crippen molar-refractivity contribution in [3.63, 3.8) is 0 Å². The molecule has 10 heteroatoms. The molecule has 0 aliphatic carbocycles. The van der Waals surface area contributed by atoms with Gasteiger partial charge >= 0.3 is 5.97 Å². The zero-order valence-corrected chi connectivity index (χ0v) is 15.6. The third-order valence-corrected chi connectivity index (χ3v) is 4.82. The lowest BCUT2D eigenvalue weighted by atomic mass is 10.2. The predicted molar refractivity (Wildman–Crippen MR) is 100 cm³/mol. The number of ether oxygens (including phenoxy) is 1. The molecule has 2 amide bonds. The van der Waals surface area contributed by atoms with Crippen molar-refractivity contribution in [2.24, 2.45) is 0 Å². The summed E-state index contributed by atoms with van der Waals surface area (Å²) in [4.78, 5) is 35.1. The van der Waals surface area contributed by atoms with Crippen LogP contribution in [0.1, 0.15) is 10.4 Å². The minimum atomic E-state index is -4.03. The van der Waals surface area contributed by atoms with Gasteiger partial charge < -0.3 is 15.4 Å². The van der Waals surface area contributed by atoms with E-state index < -0.39 is 44.9 Å². The van der Waals surface area contributed by atoms with Gasteiger partial charge in [-0.25, -0.2) is 17.6 Å². The molecule has 0 aliphatic heterocycles. The number of benzene rings is 2. The molecule has 2 N–H and O–H groups in total. The molecule has 0 unspecified atom stereocenters. The van der Waals surface area contributed by atoms with Crippen LogP contribution in [0, 0.1) is 5.82 Å². The van der Waals surface area contributed by atoms with Gasteiger partial charge in [0.1, 0.15) is 17.3 Å². The lowest BCUT2D eigenvalue weighted by Gasteiger charge is -2.08. The van der Waals surface area contributed by atoms with E-state index in [-0.39, 0.29) is 16.9 Å². The topological polar surface area (TPSA) is 119 Å². The molecule has 0 bridgehead atoms. The van der Waals surface area contributed by atoms with Gasteiger partial charge in [0.15, 0.2) is 9.84 Å². The van der Waals surface area contributed by atoms with Crippen molar-refractivity contribution in [2.45, 2.75) is 0 Å². The van der Waals surface area contributed by atoms with E-state index in [9.17, 15) is 27.2 Å². The quantitative estimate of drug-likeness (QED) is 0.672. The highest BCUT2D eigenvalue weighted by Gasteiger charge is 2.21. The number of amides is 2. The highest BCUT2D eigenvalue weighted by molar-refractivity contribution is 7.92. The molecule has 148 valence electrons. The molecule has 0 atom stereocenters. The van der Waals surface area contributed by atoms with Crippen molar-refractivity contribution in [1.29, 1.82) is 0 Å². The van der Waals surface area contributed by atoms with Gasteiger partial charge in [-0.1, -0.05) is 0 Å². The van der Waals surface area contributed by atoms with Crippen LogP contribution in [-0.2, 0) is 24.2 Å². The molecule has 0 radical (unpaired) electrons. The zero-order valence-electron chi connectivity index (χ0n) is 14.8. The van der Waals surface area contributed by atoms with Gasteiger partial charge in [-0.15, -0.1) is 0 Å². The van der Waals surface area contributed by atoms with Crippen LogP contribution in [0.2, 0.25) is 0 Å². The minimum Gasteiger partial charge on any atom is -0.465 e. The largest absolute Gasteiger partial charge is 0.465 e. The number of esters is 1. The van der Waals surface area contributed by atoms with E-state index in [1.54, 1.807) is 0 Å². The van der Waals surface area contributed by atoms with Crippen molar-refractivity contribution in [3.05, 3.63) is 59.9 Å². The second-order valence-corrected chi connectivity index (χ2v) is 7.77. The molecular weight excluding hydrogens is 391 g/mol. The number of hydrogen-bond donors (Lipinski definition) is 2. The Kier molecular flexibility index (Phi) is 6.83. The number of sulfone groups is 1. The Morgan fingerprint density at radius 1 is 0.857 bits per heavy atom. The summed E-state index contributed by atoms with van der Waals surface area (Å²) in [5, 5.41) is 4.68. The number of anilines is 2. The van der Waals surface area contributed by atoms with Gasteiger partial charge in [-0.3, -0.25) is 9.59 Å². The molecule has 2 rings (SSSR count). The molecule has 0 aromatic heterocycles. The molecule has 0 saturated carbocycles. The van der Waals surface area contributed by atoms with Crippen LogP contribution < -0.4 is 10.6 Å². The second-order valence-electron chi connectivity index (χ2n) is 5.70. The Balaban J connectivity index is 1.90. The van der Waals surface area contributed by atoms with Crippen LogP contribution in [0.5, 0.6) is 0 Å². The van der Waals surface area contributed by atoms with Crippen molar-refractivity contribution < 1.29 is 31.9 Å². The molecule has 8 nitrogen and oxygen atoms in total. The van der Waals surface area contributed by atoms with Crippen molar-refractivity contribution >= 4 is 39.0 Å². The van der Waals surface area contributed by atoms with E-state index in [2.05, 4.69) is 15.4 Å². The van der Waals surface area contributed by atoms with E-state index in [4.69, 9.17) is 0 Å². The number of carbonyl (C=O) groups excluding carboxylic acids is 3. The molecule has 0 aliphatic rings. The number of hydrogen-bond acceptors (Lipinski definition) is 6. The summed E-state index contributed by atoms with van der Waals surface area (Å²) in [5.41, 5.74) is 0.783. The third kappa shape index (κ3) is 6.47. The molecule has 2 aromatic carbocycles. The molecule has 0 spiro atoms. The Labute approximate surface area is 160 Å². The van der Waals surface area contributed by atoms with Crippen LogP contribution in [0.25, 0.3) is 0 Å². The normalized spacial score (nSPS) is 10.8. The zero-order chi connectivity index (χ0) is 20.7. The maximum absolute atomic E-state index is 12.8. The van der Waals surface area contributed by atoms with Crippen molar-refractivity contribution in [2.75, 3.05) is 29.2 Å². The van der Waals surface area contributed by atoms with Crippen LogP contribution in [0.3, 0.4) is 0 Å².